The third kappa shape index (κ3) is 5.07. The fourth-order valence-electron chi connectivity index (χ4n) is 4.00. The molecule has 0 radical (unpaired) electrons. The van der Waals surface area contributed by atoms with E-state index in [1.165, 1.54) is 12.0 Å². The van der Waals surface area contributed by atoms with Gasteiger partial charge in [0.05, 0.1) is 0 Å². The van der Waals surface area contributed by atoms with Gasteiger partial charge >= 0.3 is 0 Å². The SMILES string of the molecule is C[C@H](NC(=O)C1CCCCC1)C(=O)N1CCN(Cc2ccccc2)CC1. The van der Waals surface area contributed by atoms with Crippen LogP contribution in [0, 0.1) is 5.92 Å². The van der Waals surface area contributed by atoms with Gasteiger partial charge in [0.1, 0.15) is 6.04 Å². The van der Waals surface area contributed by atoms with Gasteiger partial charge in [-0.3, -0.25) is 14.5 Å². The molecule has 0 aromatic heterocycles. The quantitative estimate of drug-likeness (QED) is 0.880. The zero-order chi connectivity index (χ0) is 18.4. The Morgan fingerprint density at radius 1 is 1.04 bits per heavy atom. The van der Waals surface area contributed by atoms with Crippen LogP contribution in [-0.4, -0.2) is 53.8 Å². The third-order valence-electron chi connectivity index (χ3n) is 5.64. The first-order chi connectivity index (χ1) is 12.6. The van der Waals surface area contributed by atoms with Gasteiger partial charge in [0.15, 0.2) is 0 Å². The maximum atomic E-state index is 12.7. The molecular formula is C21H31N3O2. The van der Waals surface area contributed by atoms with Gasteiger partial charge in [-0.2, -0.15) is 0 Å². The van der Waals surface area contributed by atoms with Crippen molar-refractivity contribution in [2.75, 3.05) is 26.2 Å². The molecule has 1 saturated heterocycles. The van der Waals surface area contributed by atoms with Gasteiger partial charge in [-0.15, -0.1) is 0 Å². The number of amides is 2. The van der Waals surface area contributed by atoms with Crippen LogP contribution in [0.25, 0.3) is 0 Å². The maximum absolute atomic E-state index is 12.7. The molecule has 2 amide bonds. The number of piperazine rings is 1. The van der Waals surface area contributed by atoms with E-state index in [2.05, 4.69) is 34.5 Å². The summed E-state index contributed by atoms with van der Waals surface area (Å²) >= 11 is 0. The molecule has 1 heterocycles. The van der Waals surface area contributed by atoms with Crippen molar-refractivity contribution in [2.45, 2.75) is 51.6 Å². The molecule has 1 aromatic rings. The van der Waals surface area contributed by atoms with Gasteiger partial charge in [-0.25, -0.2) is 0 Å². The molecule has 1 aromatic carbocycles. The Labute approximate surface area is 156 Å². The average Bonchev–Trinajstić information content (AvgIpc) is 2.69. The highest BCUT2D eigenvalue weighted by Crippen LogP contribution is 2.23. The van der Waals surface area contributed by atoms with E-state index in [9.17, 15) is 9.59 Å². The first kappa shape index (κ1) is 18.9. The molecule has 0 spiro atoms. The molecule has 2 aliphatic rings. The Hall–Kier alpha value is -1.88. The average molecular weight is 357 g/mol. The van der Waals surface area contributed by atoms with Crippen LogP contribution in [0.15, 0.2) is 30.3 Å². The highest BCUT2D eigenvalue weighted by Gasteiger charge is 2.28. The molecule has 0 bridgehead atoms. The Morgan fingerprint density at radius 2 is 1.69 bits per heavy atom. The Kier molecular flexibility index (Phi) is 6.67. The summed E-state index contributed by atoms with van der Waals surface area (Å²) in [5.41, 5.74) is 1.31. The Balaban J connectivity index is 1.43. The lowest BCUT2D eigenvalue weighted by atomic mass is 9.88. The largest absolute Gasteiger partial charge is 0.344 e. The second-order valence-corrected chi connectivity index (χ2v) is 7.65. The molecule has 2 fully saturated rings. The number of rotatable bonds is 5. The lowest BCUT2D eigenvalue weighted by Gasteiger charge is -2.36. The highest BCUT2D eigenvalue weighted by molar-refractivity contribution is 5.88. The molecule has 142 valence electrons. The van der Waals surface area contributed by atoms with Crippen molar-refractivity contribution in [3.63, 3.8) is 0 Å². The molecule has 1 atom stereocenters. The molecule has 1 aliphatic heterocycles. The molecule has 0 unspecified atom stereocenters. The van der Waals surface area contributed by atoms with Gasteiger partial charge in [0.25, 0.3) is 0 Å². The van der Waals surface area contributed by atoms with Crippen molar-refractivity contribution in [1.29, 1.82) is 0 Å². The molecule has 1 aliphatic carbocycles. The van der Waals surface area contributed by atoms with Crippen LogP contribution in [-0.2, 0) is 16.1 Å². The number of nitrogens with one attached hydrogen (secondary N) is 1. The van der Waals surface area contributed by atoms with Gasteiger partial charge < -0.3 is 10.2 Å². The summed E-state index contributed by atoms with van der Waals surface area (Å²) in [7, 11) is 0. The van der Waals surface area contributed by atoms with Gasteiger partial charge in [-0.05, 0) is 25.3 Å². The number of hydrogen-bond acceptors (Lipinski definition) is 3. The fourth-order valence-corrected chi connectivity index (χ4v) is 4.00. The highest BCUT2D eigenvalue weighted by atomic mass is 16.2. The number of carbonyl (C=O) groups excluding carboxylic acids is 2. The summed E-state index contributed by atoms with van der Waals surface area (Å²) in [6.45, 7) is 5.97. The van der Waals surface area contributed by atoms with Crippen molar-refractivity contribution in [3.8, 4) is 0 Å². The van der Waals surface area contributed by atoms with E-state index in [1.807, 2.05) is 17.9 Å². The number of nitrogens with zero attached hydrogens (tertiary/aromatic N) is 2. The van der Waals surface area contributed by atoms with Gasteiger partial charge in [0, 0.05) is 38.6 Å². The first-order valence-corrected chi connectivity index (χ1v) is 9.99. The van der Waals surface area contributed by atoms with Crippen LogP contribution in [0.3, 0.4) is 0 Å². The van der Waals surface area contributed by atoms with E-state index < -0.39 is 6.04 Å². The van der Waals surface area contributed by atoms with Crippen LogP contribution < -0.4 is 5.32 Å². The zero-order valence-corrected chi connectivity index (χ0v) is 15.8. The minimum atomic E-state index is -0.426. The summed E-state index contributed by atoms with van der Waals surface area (Å²) in [5.74, 6) is 0.212. The van der Waals surface area contributed by atoms with Crippen LogP contribution in [0.5, 0.6) is 0 Å². The molecular weight excluding hydrogens is 326 g/mol. The summed E-state index contributed by atoms with van der Waals surface area (Å²) in [5, 5.41) is 2.95. The van der Waals surface area contributed by atoms with Crippen molar-refractivity contribution in [1.82, 2.24) is 15.1 Å². The van der Waals surface area contributed by atoms with E-state index >= 15 is 0 Å². The number of carbonyl (C=O) groups is 2. The van der Waals surface area contributed by atoms with Crippen LogP contribution >= 0.6 is 0 Å². The molecule has 1 N–H and O–H groups in total. The third-order valence-corrected chi connectivity index (χ3v) is 5.64. The summed E-state index contributed by atoms with van der Waals surface area (Å²) in [6, 6.07) is 10.0. The molecule has 3 rings (SSSR count). The molecule has 5 heteroatoms. The van der Waals surface area contributed by atoms with E-state index in [0.29, 0.717) is 0 Å². The van der Waals surface area contributed by atoms with Crippen LogP contribution in [0.2, 0.25) is 0 Å². The van der Waals surface area contributed by atoms with Gasteiger partial charge in [-0.1, -0.05) is 49.6 Å². The van der Waals surface area contributed by atoms with Crippen LogP contribution in [0.1, 0.15) is 44.6 Å². The molecule has 26 heavy (non-hydrogen) atoms. The van der Waals surface area contributed by atoms with Crippen molar-refractivity contribution < 1.29 is 9.59 Å². The number of hydrogen-bond donors (Lipinski definition) is 1. The standard InChI is InChI=1S/C21H31N3O2/c1-17(22-20(25)19-10-6-3-7-11-19)21(26)24-14-12-23(13-15-24)16-18-8-4-2-5-9-18/h2,4-5,8-9,17,19H,3,6-7,10-16H2,1H3,(H,22,25)/t17-/m0/s1. The minimum absolute atomic E-state index is 0.0496. The van der Waals surface area contributed by atoms with Gasteiger partial charge in [0.2, 0.25) is 11.8 Å². The summed E-state index contributed by atoms with van der Waals surface area (Å²) < 4.78 is 0. The van der Waals surface area contributed by atoms with Crippen molar-refractivity contribution in [3.05, 3.63) is 35.9 Å². The second kappa shape index (κ2) is 9.17. The first-order valence-electron chi connectivity index (χ1n) is 9.99. The normalized spacial score (nSPS) is 20.6. The van der Waals surface area contributed by atoms with Crippen molar-refractivity contribution >= 4 is 11.8 Å². The van der Waals surface area contributed by atoms with Crippen molar-refractivity contribution in [2.24, 2.45) is 5.92 Å². The van der Waals surface area contributed by atoms with Crippen LogP contribution in [0.4, 0.5) is 0 Å². The van der Waals surface area contributed by atoms with E-state index in [-0.39, 0.29) is 17.7 Å². The predicted octanol–water partition coefficient (Wildman–Crippen LogP) is 2.42. The Bertz CT molecular complexity index is 591. The maximum Gasteiger partial charge on any atom is 0.244 e. The smallest absolute Gasteiger partial charge is 0.244 e. The van der Waals surface area contributed by atoms with E-state index in [0.717, 1.165) is 58.4 Å². The van der Waals surface area contributed by atoms with E-state index in [4.69, 9.17) is 0 Å². The molecule has 1 saturated carbocycles. The lowest BCUT2D eigenvalue weighted by Crippen LogP contribution is -2.54. The Morgan fingerprint density at radius 3 is 2.35 bits per heavy atom. The second-order valence-electron chi connectivity index (χ2n) is 7.65. The fraction of sp³-hybridized carbons (Fsp3) is 0.619. The topological polar surface area (TPSA) is 52.7 Å². The minimum Gasteiger partial charge on any atom is -0.344 e. The molecule has 5 nitrogen and oxygen atoms in total. The van der Waals surface area contributed by atoms with E-state index in [1.54, 1.807) is 0 Å². The monoisotopic (exact) mass is 357 g/mol. The predicted molar refractivity (Wildman–Crippen MR) is 102 cm³/mol. The summed E-state index contributed by atoms with van der Waals surface area (Å²) in [6.07, 6.45) is 5.41. The number of benzene rings is 1. The zero-order valence-electron chi connectivity index (χ0n) is 15.8. The lowest BCUT2D eigenvalue weighted by molar-refractivity contribution is -0.138. The summed E-state index contributed by atoms with van der Waals surface area (Å²) in [4.78, 5) is 29.3.